The molecule has 0 fully saturated rings. The molecule has 0 aromatic heterocycles. The number of methoxy groups -OCH3 is 1. The topological polar surface area (TPSA) is 54.3 Å². The van der Waals surface area contributed by atoms with Gasteiger partial charge >= 0.3 is 17.8 Å². The number of rotatable bonds is 6. The lowest BCUT2D eigenvalue weighted by Gasteiger charge is -2.26. The summed E-state index contributed by atoms with van der Waals surface area (Å²) in [5.74, 6) is -3.45. The monoisotopic (exact) mass is 381 g/mol. The summed E-state index contributed by atoms with van der Waals surface area (Å²) in [4.78, 5) is 11.4. The number of ether oxygens (including phenoxy) is 1. The molecule has 0 aliphatic rings. The van der Waals surface area contributed by atoms with Crippen LogP contribution < -0.4 is 0 Å². The first-order valence-corrected chi connectivity index (χ1v) is 7.70. The molecule has 0 spiro atoms. The lowest BCUT2D eigenvalue weighted by atomic mass is 9.94. The maximum absolute atomic E-state index is 14.4. The van der Waals surface area contributed by atoms with E-state index < -0.39 is 34.9 Å². The van der Waals surface area contributed by atoms with Gasteiger partial charge in [0.25, 0.3) is 0 Å². The van der Waals surface area contributed by atoms with Gasteiger partial charge in [-0.3, -0.25) is 5.01 Å². The quantitative estimate of drug-likeness (QED) is 0.307. The summed E-state index contributed by atoms with van der Waals surface area (Å²) in [5.41, 5.74) is -6.12. The second-order valence-corrected chi connectivity index (χ2v) is 6.07. The highest BCUT2D eigenvalue weighted by Crippen LogP contribution is 2.44. The van der Waals surface area contributed by atoms with Crippen LogP contribution in [-0.4, -0.2) is 36.3 Å². The van der Waals surface area contributed by atoms with Crippen molar-refractivity contribution in [2.24, 2.45) is 10.3 Å². The van der Waals surface area contributed by atoms with Crippen molar-refractivity contribution in [3.63, 3.8) is 0 Å². The van der Waals surface area contributed by atoms with E-state index in [-0.39, 0.29) is 18.2 Å². The average molecular weight is 381 g/mol. The van der Waals surface area contributed by atoms with E-state index in [9.17, 15) is 26.7 Å². The predicted molar refractivity (Wildman–Crippen MR) is 83.9 cm³/mol. The molecule has 1 aromatic carbocycles. The van der Waals surface area contributed by atoms with Crippen LogP contribution >= 0.6 is 0 Å². The Morgan fingerprint density at radius 1 is 1.12 bits per heavy atom. The van der Waals surface area contributed by atoms with Gasteiger partial charge in [0.1, 0.15) is 5.69 Å². The van der Waals surface area contributed by atoms with E-state index in [1.807, 2.05) is 27.7 Å². The predicted octanol–water partition coefficient (Wildman–Crippen LogP) is 4.84. The lowest BCUT2D eigenvalue weighted by Crippen LogP contribution is -2.46. The molecule has 1 rings (SSSR count). The van der Waals surface area contributed by atoms with Gasteiger partial charge in [-0.25, -0.2) is 13.6 Å². The molecular weight excluding hydrogens is 361 g/mol. The zero-order valence-corrected chi connectivity index (χ0v) is 14.9. The van der Waals surface area contributed by atoms with Crippen LogP contribution in [0, 0.1) is 5.82 Å². The fraction of sp³-hybridized carbons (Fsp3) is 0.562. The van der Waals surface area contributed by atoms with Gasteiger partial charge in [-0.2, -0.15) is 13.2 Å². The highest BCUT2D eigenvalue weighted by Gasteiger charge is 2.64. The fourth-order valence-corrected chi connectivity index (χ4v) is 2.24. The molecule has 0 radical (unpaired) electrons. The molecule has 26 heavy (non-hydrogen) atoms. The minimum Gasteiger partial charge on any atom is -0.466 e. The number of benzene rings is 1. The molecule has 10 heteroatoms. The van der Waals surface area contributed by atoms with E-state index in [4.69, 9.17) is 0 Å². The van der Waals surface area contributed by atoms with Gasteiger partial charge in [-0.1, -0.05) is 11.3 Å². The summed E-state index contributed by atoms with van der Waals surface area (Å²) in [7, 11) is 0.605. The minimum atomic E-state index is -5.62. The van der Waals surface area contributed by atoms with Crippen molar-refractivity contribution in [3.05, 3.63) is 29.6 Å². The number of alkyl halides is 4. The van der Waals surface area contributed by atoms with Gasteiger partial charge in [0.15, 0.2) is 5.82 Å². The number of nitrogens with zero attached hydrogens (tertiary/aromatic N) is 3. The molecule has 0 saturated carbocycles. The fourth-order valence-electron chi connectivity index (χ4n) is 2.24. The smallest absolute Gasteiger partial charge is 0.437 e. The molecule has 0 bridgehead atoms. The van der Waals surface area contributed by atoms with E-state index in [1.54, 1.807) is 5.01 Å². The molecule has 0 saturated heterocycles. The summed E-state index contributed by atoms with van der Waals surface area (Å²) in [6.07, 6.45) is -5.62. The molecule has 0 amide bonds. The van der Waals surface area contributed by atoms with Gasteiger partial charge in [0, 0.05) is 17.6 Å². The molecule has 5 nitrogen and oxygen atoms in total. The summed E-state index contributed by atoms with van der Waals surface area (Å²) in [5, 5.41) is 9.06. The van der Waals surface area contributed by atoms with Gasteiger partial charge in [-0.05, 0) is 39.8 Å². The van der Waals surface area contributed by atoms with E-state index in [0.29, 0.717) is 13.2 Å². The van der Waals surface area contributed by atoms with Gasteiger partial charge in [0.05, 0.1) is 7.11 Å². The largest absolute Gasteiger partial charge is 0.466 e. The first-order chi connectivity index (χ1) is 11.9. The SMILES string of the molecule is COC(=O)C(F)(c1ccc(N=NN(C(C)C)C(C)C)c(F)c1)C(F)(F)F. The van der Waals surface area contributed by atoms with E-state index in [1.165, 1.54) is 0 Å². The molecule has 0 aliphatic heterocycles. The Balaban J connectivity index is 3.30. The van der Waals surface area contributed by atoms with Crippen molar-refractivity contribution < 1.29 is 31.5 Å². The molecule has 0 N–H and O–H groups in total. The van der Waals surface area contributed by atoms with Crippen LogP contribution in [-0.2, 0) is 15.2 Å². The standard InChI is InChI=1S/C16H20F5N3O2/c1-9(2)24(10(3)4)23-22-13-7-6-11(8-12(13)17)15(18,14(25)26-5)16(19,20)21/h6-10H,1-5H3. The second-order valence-electron chi connectivity index (χ2n) is 6.07. The summed E-state index contributed by atoms with van der Waals surface area (Å²) in [6, 6.07) is 1.59. The first kappa shape index (κ1) is 21.8. The molecule has 1 unspecified atom stereocenters. The number of halogens is 5. The Morgan fingerprint density at radius 2 is 1.65 bits per heavy atom. The van der Waals surface area contributed by atoms with Crippen LogP contribution in [0.15, 0.2) is 28.5 Å². The Morgan fingerprint density at radius 3 is 2.04 bits per heavy atom. The van der Waals surface area contributed by atoms with Gasteiger partial charge < -0.3 is 4.74 Å². The maximum Gasteiger partial charge on any atom is 0.437 e. The third-order valence-electron chi connectivity index (χ3n) is 3.52. The van der Waals surface area contributed by atoms with Gasteiger partial charge in [0.2, 0.25) is 0 Å². The van der Waals surface area contributed by atoms with Crippen LogP contribution in [0.1, 0.15) is 33.3 Å². The lowest BCUT2D eigenvalue weighted by molar-refractivity contribution is -0.242. The van der Waals surface area contributed by atoms with Crippen molar-refractivity contribution in [1.82, 2.24) is 5.01 Å². The molecular formula is C16H20F5N3O2. The van der Waals surface area contributed by atoms with E-state index in [0.717, 1.165) is 6.07 Å². The Hall–Kier alpha value is -2.26. The highest BCUT2D eigenvalue weighted by atomic mass is 19.4. The molecule has 0 aliphatic carbocycles. The zero-order chi connectivity index (χ0) is 20.3. The number of hydrogen-bond acceptors (Lipinski definition) is 4. The Kier molecular flexibility index (Phi) is 6.67. The number of carbonyl (C=O) groups is 1. The third-order valence-corrected chi connectivity index (χ3v) is 3.52. The van der Waals surface area contributed by atoms with Crippen LogP contribution in [0.2, 0.25) is 0 Å². The summed E-state index contributed by atoms with van der Waals surface area (Å²) >= 11 is 0. The average Bonchev–Trinajstić information content (AvgIpc) is 2.52. The Bertz CT molecular complexity index is 668. The summed E-state index contributed by atoms with van der Waals surface area (Å²) < 4.78 is 71.6. The highest BCUT2D eigenvalue weighted by molar-refractivity contribution is 5.82. The van der Waals surface area contributed by atoms with E-state index in [2.05, 4.69) is 15.1 Å². The normalized spacial score (nSPS) is 14.8. The van der Waals surface area contributed by atoms with Crippen LogP contribution in [0.4, 0.5) is 27.6 Å². The van der Waals surface area contributed by atoms with Crippen molar-refractivity contribution in [2.45, 2.75) is 51.6 Å². The van der Waals surface area contributed by atoms with Crippen LogP contribution in [0.5, 0.6) is 0 Å². The van der Waals surface area contributed by atoms with Crippen molar-refractivity contribution in [1.29, 1.82) is 0 Å². The third kappa shape index (κ3) is 4.28. The zero-order valence-electron chi connectivity index (χ0n) is 14.9. The maximum atomic E-state index is 14.4. The van der Waals surface area contributed by atoms with Crippen molar-refractivity contribution in [2.75, 3.05) is 7.11 Å². The number of esters is 1. The first-order valence-electron chi connectivity index (χ1n) is 7.70. The second kappa shape index (κ2) is 7.96. The molecule has 1 atom stereocenters. The minimum absolute atomic E-state index is 0.0517. The molecule has 1 aromatic rings. The van der Waals surface area contributed by atoms with Crippen molar-refractivity contribution >= 4 is 11.7 Å². The Labute approximate surface area is 147 Å². The number of hydrogen-bond donors (Lipinski definition) is 0. The van der Waals surface area contributed by atoms with Crippen molar-refractivity contribution in [3.8, 4) is 0 Å². The molecule has 146 valence electrons. The van der Waals surface area contributed by atoms with Crippen LogP contribution in [0.25, 0.3) is 0 Å². The number of carbonyl (C=O) groups excluding carboxylic acids is 1. The summed E-state index contributed by atoms with van der Waals surface area (Å²) in [6.45, 7) is 7.32. The molecule has 0 heterocycles. The van der Waals surface area contributed by atoms with Crippen LogP contribution in [0.3, 0.4) is 0 Å². The van der Waals surface area contributed by atoms with E-state index >= 15 is 0 Å². The van der Waals surface area contributed by atoms with Gasteiger partial charge in [-0.15, -0.1) is 5.11 Å².